The lowest BCUT2D eigenvalue weighted by Crippen LogP contribution is -2.78. The van der Waals surface area contributed by atoms with Crippen molar-refractivity contribution >= 4 is 16.6 Å². The van der Waals surface area contributed by atoms with Crippen LogP contribution in [-0.4, -0.2) is 46.7 Å². The van der Waals surface area contributed by atoms with Crippen LogP contribution in [0.5, 0.6) is 0 Å². The SMILES string of the molecule is CN1CC2[C@H]1CN2c1ccc2nc(-c3cccc(F)c3)n(C)c(=O)c2c1. The van der Waals surface area contributed by atoms with Gasteiger partial charge in [0.05, 0.1) is 16.9 Å². The van der Waals surface area contributed by atoms with Gasteiger partial charge in [-0.05, 0) is 37.4 Å². The molecule has 0 N–H and O–H groups in total. The Kier molecular flexibility index (Phi) is 3.21. The highest BCUT2D eigenvalue weighted by Gasteiger charge is 2.49. The molecule has 2 aliphatic rings. The summed E-state index contributed by atoms with van der Waals surface area (Å²) in [5, 5.41) is 0.598. The molecule has 2 aromatic carbocycles. The molecule has 2 aliphatic heterocycles. The second-order valence-corrected chi connectivity index (χ2v) is 7.24. The normalized spacial score (nSPS) is 22.0. The van der Waals surface area contributed by atoms with E-state index in [2.05, 4.69) is 21.8 Å². The average Bonchev–Trinajstić information content (AvgIpc) is 2.62. The first-order chi connectivity index (χ1) is 12.5. The summed E-state index contributed by atoms with van der Waals surface area (Å²) in [5.74, 6) is 0.129. The zero-order valence-electron chi connectivity index (χ0n) is 14.7. The van der Waals surface area contributed by atoms with Crippen molar-refractivity contribution in [2.24, 2.45) is 7.05 Å². The van der Waals surface area contributed by atoms with Crippen molar-refractivity contribution in [1.82, 2.24) is 14.5 Å². The minimum Gasteiger partial charge on any atom is -0.364 e. The Bertz CT molecular complexity index is 1090. The van der Waals surface area contributed by atoms with Gasteiger partial charge in [-0.25, -0.2) is 9.37 Å². The van der Waals surface area contributed by atoms with E-state index in [-0.39, 0.29) is 11.4 Å². The topological polar surface area (TPSA) is 41.4 Å². The number of likely N-dealkylation sites (N-methyl/N-ethyl adjacent to an activating group) is 1. The monoisotopic (exact) mass is 350 g/mol. The van der Waals surface area contributed by atoms with Crippen LogP contribution in [0.1, 0.15) is 0 Å². The molecule has 3 aromatic rings. The van der Waals surface area contributed by atoms with Crippen LogP contribution in [-0.2, 0) is 7.05 Å². The first kappa shape index (κ1) is 15.5. The van der Waals surface area contributed by atoms with Gasteiger partial charge in [-0.3, -0.25) is 14.3 Å². The second kappa shape index (κ2) is 5.38. The van der Waals surface area contributed by atoms with E-state index in [9.17, 15) is 9.18 Å². The van der Waals surface area contributed by atoms with Crippen LogP contribution >= 0.6 is 0 Å². The largest absolute Gasteiger partial charge is 0.364 e. The molecule has 0 amide bonds. The number of anilines is 1. The maximum Gasteiger partial charge on any atom is 0.261 e. The molecule has 26 heavy (non-hydrogen) atoms. The molecule has 0 aliphatic carbocycles. The number of piperazine rings is 1. The Morgan fingerprint density at radius 1 is 1.08 bits per heavy atom. The van der Waals surface area contributed by atoms with Crippen molar-refractivity contribution < 1.29 is 4.39 Å². The van der Waals surface area contributed by atoms with Crippen molar-refractivity contribution in [3.63, 3.8) is 0 Å². The minimum atomic E-state index is -0.343. The van der Waals surface area contributed by atoms with Crippen LogP contribution in [0.3, 0.4) is 0 Å². The van der Waals surface area contributed by atoms with Gasteiger partial charge < -0.3 is 4.90 Å². The number of hydrogen-bond acceptors (Lipinski definition) is 4. The quantitative estimate of drug-likeness (QED) is 0.711. The van der Waals surface area contributed by atoms with E-state index < -0.39 is 0 Å². The van der Waals surface area contributed by atoms with E-state index in [1.165, 1.54) is 16.7 Å². The third kappa shape index (κ3) is 2.12. The lowest BCUT2D eigenvalue weighted by Gasteiger charge is -2.62. The van der Waals surface area contributed by atoms with E-state index in [1.807, 2.05) is 18.2 Å². The molecule has 5 nitrogen and oxygen atoms in total. The van der Waals surface area contributed by atoms with Crippen LogP contribution in [0.4, 0.5) is 10.1 Å². The molecule has 2 saturated heterocycles. The smallest absolute Gasteiger partial charge is 0.261 e. The maximum atomic E-state index is 13.6. The highest BCUT2D eigenvalue weighted by Crippen LogP contribution is 2.36. The van der Waals surface area contributed by atoms with E-state index in [4.69, 9.17) is 0 Å². The van der Waals surface area contributed by atoms with Gasteiger partial charge in [-0.15, -0.1) is 0 Å². The van der Waals surface area contributed by atoms with E-state index >= 15 is 0 Å². The molecule has 2 fully saturated rings. The fraction of sp³-hybridized carbons (Fsp3) is 0.300. The molecule has 132 valence electrons. The van der Waals surface area contributed by atoms with Gasteiger partial charge in [0.2, 0.25) is 0 Å². The summed E-state index contributed by atoms with van der Waals surface area (Å²) >= 11 is 0. The standard InChI is InChI=1S/C20H19FN4O/c1-23-10-18-17(23)11-25(18)14-6-7-16-15(9-14)20(26)24(2)19(22-16)12-4-3-5-13(21)8-12/h3-9,17-18H,10-11H2,1-2H3/t17-,18?/m1/s1. The van der Waals surface area contributed by atoms with Crippen molar-refractivity contribution in [2.75, 3.05) is 25.0 Å². The molecular weight excluding hydrogens is 331 g/mol. The lowest BCUT2D eigenvalue weighted by atomic mass is 9.85. The highest BCUT2D eigenvalue weighted by molar-refractivity contribution is 5.84. The van der Waals surface area contributed by atoms with Gasteiger partial charge in [-0.1, -0.05) is 12.1 Å². The first-order valence-corrected chi connectivity index (χ1v) is 8.76. The summed E-state index contributed by atoms with van der Waals surface area (Å²) < 4.78 is 15.1. The van der Waals surface area contributed by atoms with Gasteiger partial charge in [0.1, 0.15) is 11.6 Å². The summed E-state index contributed by atoms with van der Waals surface area (Å²) in [6.07, 6.45) is 0. The lowest BCUT2D eigenvalue weighted by molar-refractivity contribution is 0.0369. The summed E-state index contributed by atoms with van der Waals surface area (Å²) in [6, 6.07) is 13.2. The Balaban J connectivity index is 1.59. The van der Waals surface area contributed by atoms with Crippen LogP contribution in [0.15, 0.2) is 47.3 Å². The summed E-state index contributed by atoms with van der Waals surface area (Å²) in [5.41, 5.74) is 2.20. The molecule has 6 heteroatoms. The van der Waals surface area contributed by atoms with Crippen LogP contribution in [0.2, 0.25) is 0 Å². The van der Waals surface area contributed by atoms with Gasteiger partial charge in [-0.2, -0.15) is 0 Å². The van der Waals surface area contributed by atoms with Crippen molar-refractivity contribution in [3.05, 3.63) is 58.6 Å². The van der Waals surface area contributed by atoms with E-state index in [0.717, 1.165) is 18.8 Å². The van der Waals surface area contributed by atoms with Gasteiger partial charge in [0.25, 0.3) is 5.56 Å². The maximum absolute atomic E-state index is 13.6. The van der Waals surface area contributed by atoms with E-state index in [0.29, 0.717) is 34.4 Å². The number of rotatable bonds is 2. The molecule has 0 radical (unpaired) electrons. The number of nitrogens with zero attached hydrogens (tertiary/aromatic N) is 4. The molecule has 1 aromatic heterocycles. The zero-order valence-corrected chi connectivity index (χ0v) is 14.7. The summed E-state index contributed by atoms with van der Waals surface area (Å²) in [6.45, 7) is 2.07. The Labute approximate surface area is 150 Å². The van der Waals surface area contributed by atoms with Crippen molar-refractivity contribution in [1.29, 1.82) is 0 Å². The number of benzene rings is 2. The van der Waals surface area contributed by atoms with Gasteiger partial charge in [0.15, 0.2) is 0 Å². The minimum absolute atomic E-state index is 0.112. The second-order valence-electron chi connectivity index (χ2n) is 7.24. The fourth-order valence-electron chi connectivity index (χ4n) is 4.09. The molecular formula is C20H19FN4O. The molecule has 0 spiro atoms. The molecule has 3 heterocycles. The summed E-state index contributed by atoms with van der Waals surface area (Å²) in [7, 11) is 3.83. The predicted octanol–water partition coefficient (Wildman–Crippen LogP) is 2.24. The number of hydrogen-bond donors (Lipinski definition) is 0. The van der Waals surface area contributed by atoms with Crippen LogP contribution in [0.25, 0.3) is 22.3 Å². The highest BCUT2D eigenvalue weighted by atomic mass is 19.1. The predicted molar refractivity (Wildman–Crippen MR) is 99.9 cm³/mol. The van der Waals surface area contributed by atoms with Crippen LogP contribution < -0.4 is 10.5 Å². The number of likely N-dealkylation sites (tertiary alicyclic amines) is 1. The van der Waals surface area contributed by atoms with Gasteiger partial charge in [0, 0.05) is 37.4 Å². The molecule has 0 saturated carbocycles. The Morgan fingerprint density at radius 2 is 1.92 bits per heavy atom. The Morgan fingerprint density at radius 3 is 2.62 bits per heavy atom. The summed E-state index contributed by atoms with van der Waals surface area (Å²) in [4.78, 5) is 22.2. The average molecular weight is 350 g/mol. The third-order valence-electron chi connectivity index (χ3n) is 5.74. The molecule has 1 unspecified atom stereocenters. The van der Waals surface area contributed by atoms with Crippen LogP contribution in [0, 0.1) is 5.82 Å². The third-order valence-corrected chi connectivity index (χ3v) is 5.74. The molecule has 0 bridgehead atoms. The first-order valence-electron chi connectivity index (χ1n) is 8.76. The zero-order chi connectivity index (χ0) is 18.0. The van der Waals surface area contributed by atoms with Gasteiger partial charge >= 0.3 is 0 Å². The number of halogens is 1. The number of aromatic nitrogens is 2. The van der Waals surface area contributed by atoms with E-state index in [1.54, 1.807) is 19.2 Å². The van der Waals surface area contributed by atoms with Crippen molar-refractivity contribution in [2.45, 2.75) is 12.1 Å². The van der Waals surface area contributed by atoms with Crippen molar-refractivity contribution in [3.8, 4) is 11.4 Å². The number of fused-ring (bicyclic) bond motifs is 2. The Hall–Kier alpha value is -2.73. The molecule has 2 atom stereocenters. The molecule has 5 rings (SSSR count). The fourth-order valence-corrected chi connectivity index (χ4v) is 4.09.